The number of hydrogen-bond donors (Lipinski definition) is 0. The van der Waals surface area contributed by atoms with Gasteiger partial charge in [0.25, 0.3) is 11.4 Å². The lowest BCUT2D eigenvalue weighted by Gasteiger charge is -2.08. The molecule has 0 aliphatic rings. The Morgan fingerprint density at radius 2 is 1.84 bits per heavy atom. The second-order valence-electron chi connectivity index (χ2n) is 5.59. The van der Waals surface area contributed by atoms with Crippen LogP contribution in [-0.2, 0) is 6.54 Å². The van der Waals surface area contributed by atoms with Crippen molar-refractivity contribution in [3.05, 3.63) is 75.0 Å². The van der Waals surface area contributed by atoms with Crippen LogP contribution in [0.5, 0.6) is 0 Å². The van der Waals surface area contributed by atoms with Crippen LogP contribution in [0, 0.1) is 6.92 Å². The van der Waals surface area contributed by atoms with Crippen LogP contribution in [-0.4, -0.2) is 19.7 Å². The van der Waals surface area contributed by atoms with Gasteiger partial charge in [-0.25, -0.2) is 4.98 Å². The van der Waals surface area contributed by atoms with Crippen molar-refractivity contribution in [1.29, 1.82) is 0 Å². The minimum atomic E-state index is -0.113. The summed E-state index contributed by atoms with van der Waals surface area (Å²) >= 11 is 3.39. The molecule has 2 aromatic carbocycles. The van der Waals surface area contributed by atoms with Gasteiger partial charge in [-0.05, 0) is 43.3 Å². The molecule has 2 heterocycles. The van der Waals surface area contributed by atoms with Crippen molar-refractivity contribution in [3.8, 4) is 11.5 Å². The SMILES string of the molecule is Cc1nc2ccccc2c(=O)n1Cc1noc(-c2ccc(Br)cc2)n1. The summed E-state index contributed by atoms with van der Waals surface area (Å²) < 4.78 is 7.84. The fraction of sp³-hybridized carbons (Fsp3) is 0.111. The number of para-hydroxylation sites is 1. The molecule has 25 heavy (non-hydrogen) atoms. The van der Waals surface area contributed by atoms with E-state index in [0.717, 1.165) is 10.0 Å². The minimum absolute atomic E-state index is 0.113. The maximum atomic E-state index is 12.7. The standard InChI is InChI=1S/C18H13BrN4O2/c1-11-20-15-5-3-2-4-14(15)18(24)23(11)10-16-21-17(25-22-16)12-6-8-13(19)9-7-12/h2-9H,10H2,1H3. The van der Waals surface area contributed by atoms with Crippen molar-refractivity contribution in [3.63, 3.8) is 0 Å². The molecule has 0 radical (unpaired) electrons. The monoisotopic (exact) mass is 396 g/mol. The molecule has 7 heteroatoms. The van der Waals surface area contributed by atoms with Crippen molar-refractivity contribution in [2.45, 2.75) is 13.5 Å². The van der Waals surface area contributed by atoms with Gasteiger partial charge in [0.1, 0.15) is 5.82 Å². The van der Waals surface area contributed by atoms with E-state index >= 15 is 0 Å². The van der Waals surface area contributed by atoms with Crippen LogP contribution in [0.1, 0.15) is 11.6 Å². The van der Waals surface area contributed by atoms with Crippen LogP contribution < -0.4 is 5.56 Å². The smallest absolute Gasteiger partial charge is 0.261 e. The predicted molar refractivity (Wildman–Crippen MR) is 97.3 cm³/mol. The molecule has 4 aromatic rings. The van der Waals surface area contributed by atoms with Gasteiger partial charge in [-0.1, -0.05) is 33.2 Å². The molecule has 0 unspecified atom stereocenters. The highest BCUT2D eigenvalue weighted by molar-refractivity contribution is 9.10. The van der Waals surface area contributed by atoms with Crippen LogP contribution in [0.3, 0.4) is 0 Å². The molecule has 2 aromatic heterocycles. The van der Waals surface area contributed by atoms with E-state index in [1.54, 1.807) is 17.6 Å². The number of halogens is 1. The lowest BCUT2D eigenvalue weighted by Crippen LogP contribution is -2.24. The molecule has 0 aliphatic heterocycles. The molecule has 4 rings (SSSR count). The maximum Gasteiger partial charge on any atom is 0.261 e. The van der Waals surface area contributed by atoms with Gasteiger partial charge in [0.05, 0.1) is 17.4 Å². The van der Waals surface area contributed by atoms with E-state index in [1.165, 1.54) is 0 Å². The summed E-state index contributed by atoms with van der Waals surface area (Å²) in [7, 11) is 0. The molecule has 0 atom stereocenters. The zero-order chi connectivity index (χ0) is 17.4. The predicted octanol–water partition coefficient (Wildman–Crippen LogP) is 3.57. The summed E-state index contributed by atoms with van der Waals surface area (Å²) in [6.45, 7) is 2.01. The second-order valence-corrected chi connectivity index (χ2v) is 6.51. The molecular formula is C18H13BrN4O2. The van der Waals surface area contributed by atoms with Gasteiger partial charge >= 0.3 is 0 Å². The Balaban J connectivity index is 1.70. The average Bonchev–Trinajstić information content (AvgIpc) is 3.08. The zero-order valence-electron chi connectivity index (χ0n) is 13.3. The van der Waals surface area contributed by atoms with E-state index in [4.69, 9.17) is 4.52 Å². The summed E-state index contributed by atoms with van der Waals surface area (Å²) in [5.41, 5.74) is 1.39. The molecule has 0 aliphatic carbocycles. The van der Waals surface area contributed by atoms with Gasteiger partial charge < -0.3 is 4.52 Å². The summed E-state index contributed by atoms with van der Waals surface area (Å²) in [5.74, 6) is 1.46. The molecule has 0 saturated heterocycles. The lowest BCUT2D eigenvalue weighted by atomic mass is 10.2. The fourth-order valence-corrected chi connectivity index (χ4v) is 2.90. The first-order valence-corrected chi connectivity index (χ1v) is 8.46. The van der Waals surface area contributed by atoms with E-state index < -0.39 is 0 Å². The maximum absolute atomic E-state index is 12.7. The molecule has 0 N–H and O–H groups in total. The van der Waals surface area contributed by atoms with Gasteiger partial charge in [0, 0.05) is 10.0 Å². The van der Waals surface area contributed by atoms with E-state index in [1.807, 2.05) is 42.5 Å². The number of aromatic nitrogens is 4. The third-order valence-electron chi connectivity index (χ3n) is 3.91. The summed E-state index contributed by atoms with van der Waals surface area (Å²) in [5, 5.41) is 4.56. The number of aryl methyl sites for hydroxylation is 1. The van der Waals surface area contributed by atoms with E-state index in [0.29, 0.717) is 28.4 Å². The first kappa shape index (κ1) is 15.7. The van der Waals surface area contributed by atoms with Crippen molar-refractivity contribution >= 4 is 26.8 Å². The number of fused-ring (bicyclic) bond motifs is 1. The summed E-state index contributed by atoms with van der Waals surface area (Å²) in [6, 6.07) is 14.9. The lowest BCUT2D eigenvalue weighted by molar-refractivity contribution is 0.419. The van der Waals surface area contributed by atoms with Crippen molar-refractivity contribution in [1.82, 2.24) is 19.7 Å². The van der Waals surface area contributed by atoms with Gasteiger partial charge in [-0.15, -0.1) is 0 Å². The molecular weight excluding hydrogens is 384 g/mol. The first-order valence-electron chi connectivity index (χ1n) is 7.66. The Labute approximate surface area is 151 Å². The highest BCUT2D eigenvalue weighted by atomic mass is 79.9. The average molecular weight is 397 g/mol. The Hall–Kier alpha value is -2.80. The van der Waals surface area contributed by atoms with Crippen LogP contribution in [0.25, 0.3) is 22.4 Å². The van der Waals surface area contributed by atoms with Crippen LogP contribution in [0.15, 0.2) is 62.3 Å². The second kappa shape index (κ2) is 6.25. The molecule has 6 nitrogen and oxygen atoms in total. The number of nitrogens with zero attached hydrogens (tertiary/aromatic N) is 4. The highest BCUT2D eigenvalue weighted by Crippen LogP contribution is 2.20. The third-order valence-corrected chi connectivity index (χ3v) is 4.44. The topological polar surface area (TPSA) is 73.8 Å². The van der Waals surface area contributed by atoms with Crippen molar-refractivity contribution < 1.29 is 4.52 Å². The summed E-state index contributed by atoms with van der Waals surface area (Å²) in [4.78, 5) is 21.6. The third kappa shape index (κ3) is 2.98. The Morgan fingerprint density at radius 1 is 1.08 bits per heavy atom. The van der Waals surface area contributed by atoms with Gasteiger partial charge in [-0.3, -0.25) is 9.36 Å². The van der Waals surface area contributed by atoms with E-state index in [2.05, 4.69) is 31.1 Å². The zero-order valence-corrected chi connectivity index (χ0v) is 14.9. The quantitative estimate of drug-likeness (QED) is 0.529. The largest absolute Gasteiger partial charge is 0.334 e. The molecule has 0 amide bonds. The van der Waals surface area contributed by atoms with Crippen LogP contribution in [0.2, 0.25) is 0 Å². The number of benzene rings is 2. The van der Waals surface area contributed by atoms with Gasteiger partial charge in [0.15, 0.2) is 5.82 Å². The Morgan fingerprint density at radius 3 is 2.64 bits per heavy atom. The first-order chi connectivity index (χ1) is 12.1. The highest BCUT2D eigenvalue weighted by Gasteiger charge is 2.13. The normalized spacial score (nSPS) is 11.1. The summed E-state index contributed by atoms with van der Waals surface area (Å²) in [6.07, 6.45) is 0. The van der Waals surface area contributed by atoms with E-state index in [9.17, 15) is 4.79 Å². The Kier molecular flexibility index (Phi) is 3.93. The molecule has 0 bridgehead atoms. The van der Waals surface area contributed by atoms with Crippen molar-refractivity contribution in [2.75, 3.05) is 0 Å². The Bertz CT molecular complexity index is 1120. The fourth-order valence-electron chi connectivity index (χ4n) is 2.63. The van der Waals surface area contributed by atoms with Crippen LogP contribution in [0.4, 0.5) is 0 Å². The van der Waals surface area contributed by atoms with Gasteiger partial charge in [0.2, 0.25) is 0 Å². The molecule has 0 spiro atoms. The number of rotatable bonds is 3. The molecule has 124 valence electrons. The number of hydrogen-bond acceptors (Lipinski definition) is 5. The minimum Gasteiger partial charge on any atom is -0.334 e. The van der Waals surface area contributed by atoms with Gasteiger partial charge in [-0.2, -0.15) is 4.98 Å². The van der Waals surface area contributed by atoms with E-state index in [-0.39, 0.29) is 12.1 Å². The molecule has 0 fully saturated rings. The molecule has 0 saturated carbocycles. The van der Waals surface area contributed by atoms with Crippen LogP contribution >= 0.6 is 15.9 Å². The van der Waals surface area contributed by atoms with Crippen molar-refractivity contribution in [2.24, 2.45) is 0 Å².